The summed E-state index contributed by atoms with van der Waals surface area (Å²) in [5.41, 5.74) is 7.82. The average Bonchev–Trinajstić information content (AvgIpc) is 3.18. The largest absolute Gasteiger partial charge is 0.482 e. The molecule has 8 N–H and O–H groups in total. The number of ether oxygens (including phenoxy) is 2. The number of nitrogen functional groups attached to an aromatic ring is 1. The molecule has 282 valence electrons. The Morgan fingerprint density at radius 2 is 1.18 bits per heavy atom. The fraction of sp³-hybridized carbons (Fsp3) is 0.111. The summed E-state index contributed by atoms with van der Waals surface area (Å²) >= 11 is 0. The van der Waals surface area contributed by atoms with E-state index >= 15 is 0 Å². The monoisotopic (exact) mass is 760 g/mol. The smallest absolute Gasteiger partial charge is 0.287 e. The van der Waals surface area contributed by atoms with Crippen molar-refractivity contribution in [2.75, 3.05) is 29.6 Å². The maximum atomic E-state index is 12.4. The zero-order valence-electron chi connectivity index (χ0n) is 28.8. The molecule has 20 nitrogen and oxygen atoms in total. The standard InChI is InChI=1S/C18H13N5O6.C18H15N5O4/c24-15-8-29-14-4-1-9(5-13(14)20-15)7-19-18(26)16-21-12-3-2-10(23(27)28)6-11(12)17(25)22-16;19-10-2-3-12-11(6-10)17(25)23-16(22-12)18(26)20-7-9-1-4-14-13(5-9)21-15(24)8-27-14/h1-6H,7-8H2,(H,19,26)(H,20,24)(H,21,22,25);1-6H,7-8,19H2,(H,20,26)(H,21,24)(H,22,23,25). The number of carbonyl (C=O) groups is 4. The maximum absolute atomic E-state index is 12.4. The second-order valence-corrected chi connectivity index (χ2v) is 12.3. The molecule has 0 unspecified atom stereocenters. The van der Waals surface area contributed by atoms with E-state index in [1.54, 1.807) is 48.5 Å². The Hall–Kier alpha value is -8.16. The highest BCUT2D eigenvalue weighted by Crippen LogP contribution is 2.29. The van der Waals surface area contributed by atoms with Crippen LogP contribution in [-0.4, -0.2) is 61.7 Å². The molecule has 4 heterocycles. The summed E-state index contributed by atoms with van der Waals surface area (Å²) in [4.78, 5) is 95.1. The summed E-state index contributed by atoms with van der Waals surface area (Å²) in [6, 6.07) is 18.6. The highest BCUT2D eigenvalue weighted by atomic mass is 16.6. The van der Waals surface area contributed by atoms with Crippen LogP contribution in [0, 0.1) is 10.1 Å². The van der Waals surface area contributed by atoms with Gasteiger partial charge in [-0.25, -0.2) is 9.97 Å². The van der Waals surface area contributed by atoms with E-state index in [1.807, 2.05) is 0 Å². The molecule has 0 atom stereocenters. The molecular formula is C36H28N10O10. The lowest BCUT2D eigenvalue weighted by molar-refractivity contribution is -0.384. The highest BCUT2D eigenvalue weighted by Gasteiger charge is 2.19. The first-order valence-corrected chi connectivity index (χ1v) is 16.6. The van der Waals surface area contributed by atoms with Crippen LogP contribution in [0.1, 0.15) is 32.4 Å². The number of rotatable bonds is 7. The van der Waals surface area contributed by atoms with Gasteiger partial charge in [-0.05, 0) is 59.7 Å². The number of benzene rings is 4. The van der Waals surface area contributed by atoms with E-state index < -0.39 is 27.9 Å². The number of fused-ring (bicyclic) bond motifs is 4. The summed E-state index contributed by atoms with van der Waals surface area (Å²) in [6.07, 6.45) is 0. The number of carbonyl (C=O) groups excluding carboxylic acids is 4. The molecule has 0 radical (unpaired) electrons. The van der Waals surface area contributed by atoms with Crippen LogP contribution < -0.4 is 47.6 Å². The SMILES string of the molecule is Nc1ccc2nc(C(=O)NCc3ccc4c(c3)NC(=O)CO4)[nH]c(=O)c2c1.O=C1COc2ccc(CNC(=O)c3nc4ccc([N+](=O)[O-])cc4c(=O)[nH]3)cc2N1. The van der Waals surface area contributed by atoms with Gasteiger partial charge >= 0.3 is 0 Å². The van der Waals surface area contributed by atoms with Crippen molar-refractivity contribution in [2.45, 2.75) is 13.1 Å². The van der Waals surface area contributed by atoms with Crippen LogP contribution in [0.2, 0.25) is 0 Å². The van der Waals surface area contributed by atoms with Crippen LogP contribution in [0.5, 0.6) is 11.5 Å². The number of non-ortho nitro benzene ring substituents is 1. The third kappa shape index (κ3) is 7.93. The second kappa shape index (κ2) is 15.1. The predicted molar refractivity (Wildman–Crippen MR) is 199 cm³/mol. The average molecular weight is 761 g/mol. The topological polar surface area (TPSA) is 296 Å². The molecule has 0 fully saturated rings. The van der Waals surface area contributed by atoms with E-state index in [0.29, 0.717) is 45.0 Å². The van der Waals surface area contributed by atoms with Gasteiger partial charge in [0.2, 0.25) is 0 Å². The molecule has 0 spiro atoms. The number of H-pyrrole nitrogens is 2. The number of hydrogen-bond acceptors (Lipinski definition) is 13. The van der Waals surface area contributed by atoms with Crippen molar-refractivity contribution in [3.8, 4) is 11.5 Å². The number of amides is 4. The van der Waals surface area contributed by atoms with Crippen molar-refractivity contribution in [2.24, 2.45) is 0 Å². The summed E-state index contributed by atoms with van der Waals surface area (Å²) < 4.78 is 10.6. The van der Waals surface area contributed by atoms with E-state index in [-0.39, 0.29) is 66.4 Å². The lowest BCUT2D eigenvalue weighted by atomic mass is 10.1. The van der Waals surface area contributed by atoms with Crippen molar-refractivity contribution in [3.05, 3.63) is 126 Å². The molecule has 4 amide bonds. The molecule has 0 bridgehead atoms. The molecule has 2 aliphatic rings. The molecule has 8 rings (SSSR count). The zero-order chi connectivity index (χ0) is 39.5. The number of nitrogens with zero attached hydrogens (tertiary/aromatic N) is 3. The summed E-state index contributed by atoms with van der Waals surface area (Å²) in [6.45, 7) is 0.235. The first kappa shape index (κ1) is 36.2. The number of aromatic amines is 2. The number of nitrogens with one attached hydrogen (secondary N) is 6. The summed E-state index contributed by atoms with van der Waals surface area (Å²) in [5, 5.41) is 21.9. The minimum atomic E-state index is -0.655. The van der Waals surface area contributed by atoms with Gasteiger partial charge in [0.05, 0.1) is 38.1 Å². The minimum absolute atomic E-state index is 0.0150. The van der Waals surface area contributed by atoms with Gasteiger partial charge in [0.25, 0.3) is 40.4 Å². The zero-order valence-corrected chi connectivity index (χ0v) is 28.8. The quantitative estimate of drug-likeness (QED) is 0.0695. The molecule has 2 aliphatic heterocycles. The van der Waals surface area contributed by atoms with Crippen LogP contribution in [0.25, 0.3) is 21.8 Å². The molecular weight excluding hydrogens is 732 g/mol. The van der Waals surface area contributed by atoms with Crippen LogP contribution in [0.15, 0.2) is 82.4 Å². The number of hydrogen-bond donors (Lipinski definition) is 7. The molecule has 20 heteroatoms. The fourth-order valence-corrected chi connectivity index (χ4v) is 5.62. The third-order valence-corrected chi connectivity index (χ3v) is 8.32. The van der Waals surface area contributed by atoms with E-state index in [2.05, 4.69) is 41.2 Å². The molecule has 2 aromatic heterocycles. The summed E-state index contributed by atoms with van der Waals surface area (Å²) in [7, 11) is 0. The van der Waals surface area contributed by atoms with Gasteiger partial charge in [-0.2, -0.15) is 0 Å². The third-order valence-electron chi connectivity index (χ3n) is 8.32. The first-order valence-electron chi connectivity index (χ1n) is 16.6. The van der Waals surface area contributed by atoms with E-state index in [1.165, 1.54) is 18.2 Å². The van der Waals surface area contributed by atoms with Crippen molar-refractivity contribution in [3.63, 3.8) is 0 Å². The number of aromatic nitrogens is 4. The van der Waals surface area contributed by atoms with E-state index in [0.717, 1.165) is 11.6 Å². The first-order chi connectivity index (χ1) is 26.9. The molecule has 0 saturated heterocycles. The van der Waals surface area contributed by atoms with Crippen molar-refractivity contribution >= 4 is 68.2 Å². The van der Waals surface area contributed by atoms with Gasteiger partial charge in [-0.15, -0.1) is 0 Å². The lowest BCUT2D eigenvalue weighted by Crippen LogP contribution is -2.28. The Morgan fingerprint density at radius 3 is 1.68 bits per heavy atom. The maximum Gasteiger partial charge on any atom is 0.287 e. The minimum Gasteiger partial charge on any atom is -0.482 e. The Morgan fingerprint density at radius 1 is 0.696 bits per heavy atom. The Balaban J connectivity index is 0.000000172. The van der Waals surface area contributed by atoms with Gasteiger partial charge in [-0.3, -0.25) is 38.9 Å². The number of nitrogens with two attached hydrogens (primary N) is 1. The Kier molecular flexibility index (Phi) is 9.74. The molecule has 0 saturated carbocycles. The van der Waals surface area contributed by atoms with Crippen molar-refractivity contribution in [1.29, 1.82) is 0 Å². The summed E-state index contributed by atoms with van der Waals surface area (Å²) in [5.74, 6) is -0.847. The lowest BCUT2D eigenvalue weighted by Gasteiger charge is -2.18. The van der Waals surface area contributed by atoms with Crippen molar-refractivity contribution < 1.29 is 33.6 Å². The Bertz CT molecular complexity index is 2750. The van der Waals surface area contributed by atoms with Gasteiger partial charge in [-0.1, -0.05) is 12.1 Å². The van der Waals surface area contributed by atoms with E-state index in [9.17, 15) is 38.9 Å². The number of nitro benzene ring substituents is 1. The molecule has 0 aliphatic carbocycles. The van der Waals surface area contributed by atoms with Crippen LogP contribution in [-0.2, 0) is 22.7 Å². The normalized spacial score (nSPS) is 12.7. The second-order valence-electron chi connectivity index (χ2n) is 12.3. The van der Waals surface area contributed by atoms with Crippen LogP contribution >= 0.6 is 0 Å². The van der Waals surface area contributed by atoms with Crippen molar-refractivity contribution in [1.82, 2.24) is 30.6 Å². The predicted octanol–water partition coefficient (Wildman–Crippen LogP) is 1.86. The molecule has 6 aromatic rings. The van der Waals surface area contributed by atoms with E-state index in [4.69, 9.17) is 15.2 Å². The molecule has 56 heavy (non-hydrogen) atoms. The number of nitro groups is 1. The molecule has 4 aromatic carbocycles. The van der Waals surface area contributed by atoms with Gasteiger partial charge in [0.15, 0.2) is 24.9 Å². The Labute approximate surface area is 312 Å². The fourth-order valence-electron chi connectivity index (χ4n) is 5.62. The van der Waals surface area contributed by atoms with Crippen LogP contribution in [0.4, 0.5) is 22.7 Å². The highest BCUT2D eigenvalue weighted by molar-refractivity contribution is 5.97. The van der Waals surface area contributed by atoms with Crippen LogP contribution in [0.3, 0.4) is 0 Å². The van der Waals surface area contributed by atoms with Gasteiger partial charge in [0, 0.05) is 30.9 Å². The number of anilines is 3. The van der Waals surface area contributed by atoms with Gasteiger partial charge in [0.1, 0.15) is 11.5 Å². The van der Waals surface area contributed by atoms with Gasteiger partial charge < -0.3 is 46.4 Å².